The molecule has 0 radical (unpaired) electrons. The number of halogens is 1. The number of carbonyl (C=O) groups excluding carboxylic acids is 1. The van der Waals surface area contributed by atoms with Gasteiger partial charge in [0.1, 0.15) is 11.8 Å². The molecule has 64 valence electrons. The van der Waals surface area contributed by atoms with E-state index in [0.29, 0.717) is 0 Å². The SMILES string of the molecule is C[C@@H](O)C(=O)c1ccc(Br)cn1. The van der Waals surface area contributed by atoms with Gasteiger partial charge in [0.25, 0.3) is 0 Å². The molecule has 12 heavy (non-hydrogen) atoms. The molecule has 0 spiro atoms. The number of aliphatic hydroxyl groups is 1. The number of carbonyl (C=O) groups is 1. The van der Waals surface area contributed by atoms with Crippen molar-refractivity contribution in [3.05, 3.63) is 28.5 Å². The van der Waals surface area contributed by atoms with Crippen molar-refractivity contribution in [2.45, 2.75) is 13.0 Å². The van der Waals surface area contributed by atoms with Crippen LogP contribution in [0.15, 0.2) is 22.8 Å². The molecule has 0 aliphatic rings. The maximum absolute atomic E-state index is 11.1. The Morgan fingerprint density at radius 2 is 2.33 bits per heavy atom. The van der Waals surface area contributed by atoms with E-state index in [4.69, 9.17) is 5.11 Å². The lowest BCUT2D eigenvalue weighted by Crippen LogP contribution is -2.17. The maximum Gasteiger partial charge on any atom is 0.209 e. The van der Waals surface area contributed by atoms with E-state index in [0.717, 1.165) is 4.47 Å². The van der Waals surface area contributed by atoms with Crippen LogP contribution in [0.4, 0.5) is 0 Å². The molecule has 0 aromatic carbocycles. The molecule has 0 saturated carbocycles. The van der Waals surface area contributed by atoms with E-state index in [-0.39, 0.29) is 11.5 Å². The highest BCUT2D eigenvalue weighted by Crippen LogP contribution is 2.08. The topological polar surface area (TPSA) is 50.2 Å². The van der Waals surface area contributed by atoms with Crippen LogP contribution in [0.1, 0.15) is 17.4 Å². The summed E-state index contributed by atoms with van der Waals surface area (Å²) in [5.41, 5.74) is 0.285. The number of hydrogen-bond acceptors (Lipinski definition) is 3. The summed E-state index contributed by atoms with van der Waals surface area (Å²) >= 11 is 3.20. The van der Waals surface area contributed by atoms with Gasteiger partial charge in [0.05, 0.1) is 0 Å². The summed E-state index contributed by atoms with van der Waals surface area (Å²) in [5.74, 6) is -0.359. The van der Waals surface area contributed by atoms with Crippen molar-refractivity contribution in [3.63, 3.8) is 0 Å². The molecule has 4 heteroatoms. The van der Waals surface area contributed by atoms with E-state index < -0.39 is 6.10 Å². The number of nitrogens with zero attached hydrogens (tertiary/aromatic N) is 1. The zero-order valence-electron chi connectivity index (χ0n) is 6.49. The van der Waals surface area contributed by atoms with Gasteiger partial charge in [-0.15, -0.1) is 0 Å². The van der Waals surface area contributed by atoms with Crippen molar-refractivity contribution in [1.29, 1.82) is 0 Å². The van der Waals surface area contributed by atoms with E-state index in [1.165, 1.54) is 13.1 Å². The highest BCUT2D eigenvalue weighted by atomic mass is 79.9. The number of ketones is 1. The molecular weight excluding hydrogens is 222 g/mol. The molecule has 0 unspecified atom stereocenters. The summed E-state index contributed by atoms with van der Waals surface area (Å²) in [7, 11) is 0. The Kier molecular flexibility index (Phi) is 2.94. The van der Waals surface area contributed by atoms with Crippen LogP contribution in [-0.4, -0.2) is 22.0 Å². The maximum atomic E-state index is 11.1. The fourth-order valence-corrected chi connectivity index (χ4v) is 0.970. The fraction of sp³-hybridized carbons (Fsp3) is 0.250. The van der Waals surface area contributed by atoms with E-state index >= 15 is 0 Å². The summed E-state index contributed by atoms with van der Waals surface area (Å²) in [4.78, 5) is 15.0. The van der Waals surface area contributed by atoms with Gasteiger partial charge in [0, 0.05) is 10.7 Å². The average molecular weight is 230 g/mol. The Balaban J connectivity index is 2.90. The molecule has 3 nitrogen and oxygen atoms in total. The Bertz CT molecular complexity index is 282. The second-order valence-corrected chi connectivity index (χ2v) is 3.32. The molecule has 0 fully saturated rings. The summed E-state index contributed by atoms with van der Waals surface area (Å²) in [6, 6.07) is 3.28. The van der Waals surface area contributed by atoms with Crippen molar-refractivity contribution < 1.29 is 9.90 Å². The third kappa shape index (κ3) is 2.12. The number of hydrogen-bond donors (Lipinski definition) is 1. The van der Waals surface area contributed by atoms with Gasteiger partial charge >= 0.3 is 0 Å². The normalized spacial score (nSPS) is 12.6. The van der Waals surface area contributed by atoms with Gasteiger partial charge in [-0.3, -0.25) is 9.78 Å². The van der Waals surface area contributed by atoms with Crippen molar-refractivity contribution in [2.75, 3.05) is 0 Å². The third-order valence-corrected chi connectivity index (χ3v) is 1.83. The summed E-state index contributed by atoms with van der Waals surface area (Å²) in [6.07, 6.45) is 0.536. The van der Waals surface area contributed by atoms with Crippen LogP contribution in [-0.2, 0) is 0 Å². The standard InChI is InChI=1S/C8H8BrNO2/c1-5(11)8(12)7-3-2-6(9)4-10-7/h2-5,11H,1H3/t5-/m1/s1. The smallest absolute Gasteiger partial charge is 0.209 e. The first-order valence-electron chi connectivity index (χ1n) is 3.45. The molecule has 1 aromatic rings. The van der Waals surface area contributed by atoms with E-state index in [1.54, 1.807) is 12.1 Å². The molecule has 1 heterocycles. The lowest BCUT2D eigenvalue weighted by atomic mass is 10.2. The molecule has 0 aliphatic carbocycles. The highest BCUT2D eigenvalue weighted by Gasteiger charge is 2.12. The van der Waals surface area contributed by atoms with Crippen LogP contribution in [0.2, 0.25) is 0 Å². The molecule has 1 aromatic heterocycles. The van der Waals surface area contributed by atoms with Crippen LogP contribution < -0.4 is 0 Å². The monoisotopic (exact) mass is 229 g/mol. The zero-order valence-corrected chi connectivity index (χ0v) is 8.08. The van der Waals surface area contributed by atoms with Crippen molar-refractivity contribution in [3.8, 4) is 0 Å². The van der Waals surface area contributed by atoms with Crippen molar-refractivity contribution >= 4 is 21.7 Å². The van der Waals surface area contributed by atoms with Gasteiger partial charge in [0.2, 0.25) is 5.78 Å². The number of aliphatic hydroxyl groups excluding tert-OH is 1. The van der Waals surface area contributed by atoms with Crippen molar-refractivity contribution in [2.24, 2.45) is 0 Å². The molecule has 1 N–H and O–H groups in total. The van der Waals surface area contributed by atoms with Gasteiger partial charge in [0.15, 0.2) is 0 Å². The lowest BCUT2D eigenvalue weighted by Gasteiger charge is -2.01. The first kappa shape index (κ1) is 9.35. The third-order valence-electron chi connectivity index (χ3n) is 1.36. The number of Topliss-reactive ketones (excluding diaryl/α,β-unsaturated/α-hetero) is 1. The van der Waals surface area contributed by atoms with E-state index in [2.05, 4.69) is 20.9 Å². The minimum absolute atomic E-state index is 0.285. The Labute approximate surface area is 78.6 Å². The predicted molar refractivity (Wildman–Crippen MR) is 47.9 cm³/mol. The van der Waals surface area contributed by atoms with Crippen LogP contribution in [0.5, 0.6) is 0 Å². The summed E-state index contributed by atoms with van der Waals surface area (Å²) < 4.78 is 0.810. The minimum atomic E-state index is -0.987. The lowest BCUT2D eigenvalue weighted by molar-refractivity contribution is 0.0774. The Morgan fingerprint density at radius 1 is 1.67 bits per heavy atom. The van der Waals surface area contributed by atoms with Crippen molar-refractivity contribution in [1.82, 2.24) is 4.98 Å². The largest absolute Gasteiger partial charge is 0.385 e. The second kappa shape index (κ2) is 3.78. The minimum Gasteiger partial charge on any atom is -0.385 e. The summed E-state index contributed by atoms with van der Waals surface area (Å²) in [6.45, 7) is 1.42. The molecular formula is C8H8BrNO2. The number of rotatable bonds is 2. The quantitative estimate of drug-likeness (QED) is 0.781. The Hall–Kier alpha value is -0.740. The predicted octanol–water partition coefficient (Wildman–Crippen LogP) is 1.41. The zero-order chi connectivity index (χ0) is 9.14. The van der Waals surface area contributed by atoms with Gasteiger partial charge in [-0.25, -0.2) is 0 Å². The molecule has 0 amide bonds. The Morgan fingerprint density at radius 3 is 2.75 bits per heavy atom. The fourth-order valence-electron chi connectivity index (χ4n) is 0.736. The molecule has 1 atom stereocenters. The number of pyridine rings is 1. The molecule has 1 rings (SSSR count). The first-order chi connectivity index (χ1) is 5.61. The average Bonchev–Trinajstić information content (AvgIpc) is 2.04. The van der Waals surface area contributed by atoms with Gasteiger partial charge in [-0.1, -0.05) is 0 Å². The second-order valence-electron chi connectivity index (χ2n) is 2.40. The first-order valence-corrected chi connectivity index (χ1v) is 4.24. The van der Waals surface area contributed by atoms with Gasteiger partial charge in [-0.05, 0) is 35.0 Å². The molecule has 0 bridgehead atoms. The van der Waals surface area contributed by atoms with Crippen LogP contribution in [0.3, 0.4) is 0 Å². The van der Waals surface area contributed by atoms with Crippen LogP contribution in [0, 0.1) is 0 Å². The van der Waals surface area contributed by atoms with E-state index in [9.17, 15) is 4.79 Å². The number of aromatic nitrogens is 1. The van der Waals surface area contributed by atoms with E-state index in [1.807, 2.05) is 0 Å². The van der Waals surface area contributed by atoms with Gasteiger partial charge in [-0.2, -0.15) is 0 Å². The summed E-state index contributed by atoms with van der Waals surface area (Å²) in [5, 5.41) is 8.94. The highest BCUT2D eigenvalue weighted by molar-refractivity contribution is 9.10. The molecule has 0 saturated heterocycles. The van der Waals surface area contributed by atoms with Gasteiger partial charge < -0.3 is 5.11 Å². The van der Waals surface area contributed by atoms with Crippen LogP contribution >= 0.6 is 15.9 Å². The molecule has 0 aliphatic heterocycles. The van der Waals surface area contributed by atoms with Crippen LogP contribution in [0.25, 0.3) is 0 Å².